The first kappa shape index (κ1) is 16.4. The molecule has 1 aliphatic heterocycles. The lowest BCUT2D eigenvalue weighted by Gasteiger charge is -2.24. The summed E-state index contributed by atoms with van der Waals surface area (Å²) in [6, 6.07) is 4.37. The lowest BCUT2D eigenvalue weighted by molar-refractivity contribution is -0.138. The van der Waals surface area contributed by atoms with Crippen LogP contribution in [0.2, 0.25) is 0 Å². The van der Waals surface area contributed by atoms with Gasteiger partial charge in [0.25, 0.3) is 0 Å². The van der Waals surface area contributed by atoms with Gasteiger partial charge in [-0.2, -0.15) is 13.2 Å². The molecule has 2 nitrogen and oxygen atoms in total. The minimum absolute atomic E-state index is 0.126. The van der Waals surface area contributed by atoms with Crippen molar-refractivity contribution in [2.45, 2.75) is 24.9 Å². The first-order valence-corrected chi connectivity index (χ1v) is 7.65. The third-order valence-electron chi connectivity index (χ3n) is 3.93. The standard InChI is InChI=1S/C15H20ClF3N2/c1-20(8-9-21-6-2-3-7-21)13-5-4-12(11-16)14(10-13)15(17,18)19/h4-5,10H,2-3,6-9,11H2,1H3. The average Bonchev–Trinajstić information content (AvgIpc) is 2.96. The molecule has 0 aromatic heterocycles. The zero-order valence-corrected chi connectivity index (χ0v) is 12.8. The molecular weight excluding hydrogens is 301 g/mol. The SMILES string of the molecule is CN(CCN1CCCC1)c1ccc(CCl)c(C(F)(F)F)c1. The Kier molecular flexibility index (Phi) is 5.38. The fraction of sp³-hybridized carbons (Fsp3) is 0.600. The van der Waals surface area contributed by atoms with E-state index in [1.807, 2.05) is 11.9 Å². The van der Waals surface area contributed by atoms with Gasteiger partial charge >= 0.3 is 6.18 Å². The molecule has 0 spiro atoms. The molecule has 1 saturated heterocycles. The van der Waals surface area contributed by atoms with Crippen LogP contribution in [0.5, 0.6) is 0 Å². The molecule has 1 fully saturated rings. The summed E-state index contributed by atoms with van der Waals surface area (Å²) >= 11 is 5.60. The van der Waals surface area contributed by atoms with Crippen molar-refractivity contribution < 1.29 is 13.2 Å². The maximum absolute atomic E-state index is 13.0. The highest BCUT2D eigenvalue weighted by Gasteiger charge is 2.33. The molecule has 0 saturated carbocycles. The first-order valence-electron chi connectivity index (χ1n) is 7.11. The van der Waals surface area contributed by atoms with Crippen molar-refractivity contribution in [1.29, 1.82) is 0 Å². The molecule has 6 heteroatoms. The summed E-state index contributed by atoms with van der Waals surface area (Å²) in [6.45, 7) is 3.78. The van der Waals surface area contributed by atoms with Crippen LogP contribution in [0.15, 0.2) is 18.2 Å². The Morgan fingerprint density at radius 1 is 1.24 bits per heavy atom. The molecule has 0 bridgehead atoms. The second-order valence-corrected chi connectivity index (χ2v) is 5.71. The number of benzene rings is 1. The van der Waals surface area contributed by atoms with E-state index in [0.29, 0.717) is 5.69 Å². The van der Waals surface area contributed by atoms with Crippen LogP contribution >= 0.6 is 11.6 Å². The van der Waals surface area contributed by atoms with Crippen molar-refractivity contribution in [3.05, 3.63) is 29.3 Å². The van der Waals surface area contributed by atoms with E-state index in [1.165, 1.54) is 25.0 Å². The number of hydrogen-bond donors (Lipinski definition) is 0. The van der Waals surface area contributed by atoms with E-state index in [-0.39, 0.29) is 11.4 Å². The number of alkyl halides is 4. The van der Waals surface area contributed by atoms with Crippen LogP contribution in [0.25, 0.3) is 0 Å². The van der Waals surface area contributed by atoms with Gasteiger partial charge in [-0.25, -0.2) is 0 Å². The number of hydrogen-bond acceptors (Lipinski definition) is 2. The van der Waals surface area contributed by atoms with Crippen molar-refractivity contribution in [3.8, 4) is 0 Å². The molecule has 2 rings (SSSR count). The van der Waals surface area contributed by atoms with Gasteiger partial charge in [-0.15, -0.1) is 11.6 Å². The number of halogens is 4. The topological polar surface area (TPSA) is 6.48 Å². The number of nitrogens with zero attached hydrogens (tertiary/aromatic N) is 2. The van der Waals surface area contributed by atoms with Crippen LogP contribution in [0, 0.1) is 0 Å². The summed E-state index contributed by atoms with van der Waals surface area (Å²) in [7, 11) is 1.83. The van der Waals surface area contributed by atoms with Crippen molar-refractivity contribution in [3.63, 3.8) is 0 Å². The van der Waals surface area contributed by atoms with Gasteiger partial charge in [0.15, 0.2) is 0 Å². The predicted molar refractivity (Wildman–Crippen MR) is 79.9 cm³/mol. The molecule has 0 aliphatic carbocycles. The summed E-state index contributed by atoms with van der Waals surface area (Å²) in [4.78, 5) is 4.21. The van der Waals surface area contributed by atoms with Gasteiger partial charge in [0.1, 0.15) is 0 Å². The Hall–Kier alpha value is -0.940. The van der Waals surface area contributed by atoms with Crippen LogP contribution < -0.4 is 4.90 Å². The van der Waals surface area contributed by atoms with E-state index in [2.05, 4.69) is 4.90 Å². The van der Waals surface area contributed by atoms with Gasteiger partial charge in [0.2, 0.25) is 0 Å². The molecule has 1 heterocycles. The lowest BCUT2D eigenvalue weighted by atomic mass is 10.1. The second kappa shape index (κ2) is 6.88. The largest absolute Gasteiger partial charge is 0.416 e. The molecule has 0 radical (unpaired) electrons. The first-order chi connectivity index (χ1) is 9.91. The van der Waals surface area contributed by atoms with E-state index in [1.54, 1.807) is 6.07 Å². The van der Waals surface area contributed by atoms with Gasteiger partial charge in [0.05, 0.1) is 5.56 Å². The molecule has 1 aliphatic rings. The van der Waals surface area contributed by atoms with Crippen LogP contribution in [0.3, 0.4) is 0 Å². The second-order valence-electron chi connectivity index (χ2n) is 5.44. The summed E-state index contributed by atoms with van der Waals surface area (Å²) in [5.74, 6) is -0.132. The van der Waals surface area contributed by atoms with E-state index < -0.39 is 11.7 Å². The molecule has 118 valence electrons. The highest BCUT2D eigenvalue weighted by Crippen LogP contribution is 2.35. The molecule has 0 atom stereocenters. The van der Waals surface area contributed by atoms with Crippen LogP contribution in [0.4, 0.5) is 18.9 Å². The monoisotopic (exact) mass is 320 g/mol. The van der Waals surface area contributed by atoms with E-state index in [9.17, 15) is 13.2 Å². The number of rotatable bonds is 5. The molecule has 1 aromatic rings. The minimum Gasteiger partial charge on any atom is -0.373 e. The van der Waals surface area contributed by atoms with Crippen molar-refractivity contribution in [1.82, 2.24) is 4.90 Å². The molecule has 0 N–H and O–H groups in total. The van der Waals surface area contributed by atoms with Gasteiger partial charge in [0, 0.05) is 31.7 Å². The molecule has 0 amide bonds. The predicted octanol–water partition coefficient (Wildman–Crippen LogP) is 3.98. The Morgan fingerprint density at radius 3 is 2.48 bits per heavy atom. The van der Waals surface area contributed by atoms with Crippen molar-refractivity contribution in [2.75, 3.05) is 38.1 Å². The fourth-order valence-corrected chi connectivity index (χ4v) is 2.84. The third-order valence-corrected chi connectivity index (χ3v) is 4.22. The van der Waals surface area contributed by atoms with Crippen molar-refractivity contribution >= 4 is 17.3 Å². The van der Waals surface area contributed by atoms with Gasteiger partial charge in [-0.3, -0.25) is 0 Å². The fourth-order valence-electron chi connectivity index (χ4n) is 2.61. The average molecular weight is 321 g/mol. The van der Waals surface area contributed by atoms with E-state index >= 15 is 0 Å². The molecule has 21 heavy (non-hydrogen) atoms. The Labute approximate surface area is 128 Å². The van der Waals surface area contributed by atoms with E-state index in [0.717, 1.165) is 26.2 Å². The lowest BCUT2D eigenvalue weighted by Crippen LogP contribution is -2.31. The zero-order valence-electron chi connectivity index (χ0n) is 12.1. The van der Waals surface area contributed by atoms with Crippen molar-refractivity contribution in [2.24, 2.45) is 0 Å². The molecular formula is C15H20ClF3N2. The smallest absolute Gasteiger partial charge is 0.373 e. The Bertz CT molecular complexity index is 470. The maximum Gasteiger partial charge on any atom is 0.416 e. The molecule has 1 aromatic carbocycles. The maximum atomic E-state index is 13.0. The number of likely N-dealkylation sites (tertiary alicyclic amines) is 1. The summed E-state index contributed by atoms with van der Waals surface area (Å²) in [5.41, 5.74) is 0.0688. The zero-order chi connectivity index (χ0) is 15.5. The van der Waals surface area contributed by atoms with Crippen LogP contribution in [-0.4, -0.2) is 38.1 Å². The Balaban J connectivity index is 2.08. The molecule has 0 unspecified atom stereocenters. The highest BCUT2D eigenvalue weighted by atomic mass is 35.5. The van der Waals surface area contributed by atoms with Gasteiger partial charge in [-0.05, 0) is 43.6 Å². The highest BCUT2D eigenvalue weighted by molar-refractivity contribution is 6.17. The number of likely N-dealkylation sites (N-methyl/N-ethyl adjacent to an activating group) is 1. The summed E-state index contributed by atoms with van der Waals surface area (Å²) in [6.07, 6.45) is -1.94. The summed E-state index contributed by atoms with van der Waals surface area (Å²) < 4.78 is 39.1. The Morgan fingerprint density at radius 2 is 1.90 bits per heavy atom. The summed E-state index contributed by atoms with van der Waals surface area (Å²) in [5, 5.41) is 0. The minimum atomic E-state index is -4.37. The number of anilines is 1. The van der Waals surface area contributed by atoms with Gasteiger partial charge < -0.3 is 9.80 Å². The normalized spacial score (nSPS) is 16.4. The third kappa shape index (κ3) is 4.27. The quantitative estimate of drug-likeness (QED) is 0.757. The van der Waals surface area contributed by atoms with E-state index in [4.69, 9.17) is 11.6 Å². The van der Waals surface area contributed by atoms with Crippen LogP contribution in [-0.2, 0) is 12.1 Å². The van der Waals surface area contributed by atoms with Gasteiger partial charge in [-0.1, -0.05) is 6.07 Å². The van der Waals surface area contributed by atoms with Crippen LogP contribution in [0.1, 0.15) is 24.0 Å².